The average Bonchev–Trinajstić information content (AvgIpc) is 3.16. The van der Waals surface area contributed by atoms with Crippen molar-refractivity contribution < 1.29 is 4.79 Å². The standard InChI is InChI=1S/C16H15N5OS/c1-5-16(3,4)20-15(22)11-9-17-21-10(2)8-12(19-14(11)21)13-6-7-18-23-13/h1,6-9H,2-4H3,(H,20,22). The van der Waals surface area contributed by atoms with Gasteiger partial charge in [0.1, 0.15) is 5.56 Å². The lowest BCUT2D eigenvalue weighted by Gasteiger charge is -2.18. The summed E-state index contributed by atoms with van der Waals surface area (Å²) in [5.41, 5.74) is 1.80. The summed E-state index contributed by atoms with van der Waals surface area (Å²) in [7, 11) is 0. The molecule has 0 saturated carbocycles. The Hall–Kier alpha value is -2.72. The topological polar surface area (TPSA) is 72.2 Å². The third-order valence-corrected chi connectivity index (χ3v) is 4.14. The number of fused-ring (bicyclic) bond motifs is 1. The summed E-state index contributed by atoms with van der Waals surface area (Å²) >= 11 is 1.35. The maximum Gasteiger partial charge on any atom is 0.257 e. The number of amides is 1. The second kappa shape index (κ2) is 5.48. The van der Waals surface area contributed by atoms with Crippen LogP contribution in [0.15, 0.2) is 24.5 Å². The molecule has 3 aromatic heterocycles. The quantitative estimate of drug-likeness (QED) is 0.750. The SMILES string of the molecule is C#CC(C)(C)NC(=O)c1cnn2c(C)cc(-c3ccns3)nc12. The van der Waals surface area contributed by atoms with Crippen LogP contribution in [0.2, 0.25) is 0 Å². The molecule has 0 atom stereocenters. The fourth-order valence-electron chi connectivity index (χ4n) is 2.13. The van der Waals surface area contributed by atoms with Gasteiger partial charge in [0.15, 0.2) is 5.65 Å². The van der Waals surface area contributed by atoms with Crippen molar-refractivity contribution in [2.24, 2.45) is 0 Å². The van der Waals surface area contributed by atoms with E-state index in [2.05, 4.69) is 25.7 Å². The molecule has 0 saturated heterocycles. The first kappa shape index (κ1) is 15.2. The molecule has 0 bridgehead atoms. The zero-order chi connectivity index (χ0) is 16.6. The zero-order valence-corrected chi connectivity index (χ0v) is 13.8. The van der Waals surface area contributed by atoms with Crippen LogP contribution in [-0.4, -0.2) is 30.4 Å². The Balaban J connectivity index is 2.09. The van der Waals surface area contributed by atoms with Gasteiger partial charge >= 0.3 is 0 Å². The third kappa shape index (κ3) is 2.81. The van der Waals surface area contributed by atoms with E-state index in [1.165, 1.54) is 17.7 Å². The van der Waals surface area contributed by atoms with Gasteiger partial charge in [0.25, 0.3) is 5.91 Å². The van der Waals surface area contributed by atoms with E-state index >= 15 is 0 Å². The molecule has 0 aromatic carbocycles. The van der Waals surface area contributed by atoms with Gasteiger partial charge in [-0.25, -0.2) is 13.9 Å². The van der Waals surface area contributed by atoms with Crippen LogP contribution in [0.5, 0.6) is 0 Å². The second-order valence-corrected chi connectivity index (χ2v) is 6.51. The summed E-state index contributed by atoms with van der Waals surface area (Å²) in [4.78, 5) is 18.0. The molecule has 0 aliphatic rings. The largest absolute Gasteiger partial charge is 0.336 e. The Bertz CT molecular complexity index is 918. The van der Waals surface area contributed by atoms with E-state index in [1.54, 1.807) is 24.6 Å². The molecular weight excluding hydrogens is 310 g/mol. The van der Waals surface area contributed by atoms with E-state index in [-0.39, 0.29) is 5.91 Å². The normalized spacial score (nSPS) is 11.4. The molecule has 0 fully saturated rings. The summed E-state index contributed by atoms with van der Waals surface area (Å²) in [5, 5.41) is 7.04. The van der Waals surface area contributed by atoms with Gasteiger partial charge in [0, 0.05) is 11.9 Å². The number of nitrogens with zero attached hydrogens (tertiary/aromatic N) is 4. The van der Waals surface area contributed by atoms with Crippen LogP contribution in [-0.2, 0) is 0 Å². The van der Waals surface area contributed by atoms with Crippen LogP contribution in [0, 0.1) is 19.3 Å². The lowest BCUT2D eigenvalue weighted by molar-refractivity contribution is 0.0931. The molecule has 0 aliphatic carbocycles. The molecule has 0 radical (unpaired) electrons. The Morgan fingerprint density at radius 3 is 2.91 bits per heavy atom. The van der Waals surface area contributed by atoms with Crippen LogP contribution >= 0.6 is 11.5 Å². The number of nitrogens with one attached hydrogen (secondary N) is 1. The van der Waals surface area contributed by atoms with Crippen LogP contribution < -0.4 is 5.32 Å². The molecule has 0 spiro atoms. The molecule has 0 unspecified atom stereocenters. The number of carbonyl (C=O) groups is 1. The summed E-state index contributed by atoms with van der Waals surface area (Å²) in [6, 6.07) is 3.81. The van der Waals surface area contributed by atoms with Crippen molar-refractivity contribution in [3.05, 3.63) is 35.8 Å². The number of terminal acetylenes is 1. The van der Waals surface area contributed by atoms with E-state index in [4.69, 9.17) is 6.42 Å². The van der Waals surface area contributed by atoms with E-state index in [0.717, 1.165) is 16.3 Å². The Labute approximate surface area is 137 Å². The smallest absolute Gasteiger partial charge is 0.257 e. The number of aromatic nitrogens is 4. The van der Waals surface area contributed by atoms with Crippen molar-refractivity contribution in [1.29, 1.82) is 0 Å². The Morgan fingerprint density at radius 1 is 1.48 bits per heavy atom. The molecular formula is C16H15N5OS. The van der Waals surface area contributed by atoms with Gasteiger partial charge in [0.2, 0.25) is 0 Å². The van der Waals surface area contributed by atoms with Gasteiger partial charge in [0.05, 0.1) is 22.3 Å². The molecule has 7 heteroatoms. The predicted octanol–water partition coefficient (Wildman–Crippen LogP) is 2.30. The highest BCUT2D eigenvalue weighted by atomic mass is 32.1. The molecule has 1 amide bonds. The van der Waals surface area contributed by atoms with Gasteiger partial charge < -0.3 is 5.32 Å². The highest BCUT2D eigenvalue weighted by molar-refractivity contribution is 7.09. The molecule has 0 aliphatic heterocycles. The zero-order valence-electron chi connectivity index (χ0n) is 13.0. The van der Waals surface area contributed by atoms with Crippen molar-refractivity contribution >= 4 is 23.1 Å². The van der Waals surface area contributed by atoms with Gasteiger partial charge in [-0.2, -0.15) is 5.10 Å². The minimum atomic E-state index is -0.740. The van der Waals surface area contributed by atoms with Crippen molar-refractivity contribution in [1.82, 2.24) is 24.3 Å². The lowest BCUT2D eigenvalue weighted by Crippen LogP contribution is -2.42. The average molecular weight is 325 g/mol. The minimum absolute atomic E-state index is 0.295. The first-order valence-electron chi connectivity index (χ1n) is 6.98. The second-order valence-electron chi connectivity index (χ2n) is 5.68. The molecule has 23 heavy (non-hydrogen) atoms. The third-order valence-electron chi connectivity index (χ3n) is 3.37. The lowest BCUT2D eigenvalue weighted by atomic mass is 10.1. The molecule has 116 valence electrons. The fourth-order valence-corrected chi connectivity index (χ4v) is 2.69. The number of aryl methyl sites for hydroxylation is 1. The number of rotatable bonds is 3. The summed E-state index contributed by atoms with van der Waals surface area (Å²) < 4.78 is 5.73. The molecule has 6 nitrogen and oxygen atoms in total. The van der Waals surface area contributed by atoms with Crippen LogP contribution in [0.1, 0.15) is 29.9 Å². The van der Waals surface area contributed by atoms with Crippen molar-refractivity contribution in [2.75, 3.05) is 0 Å². The Morgan fingerprint density at radius 2 is 2.26 bits per heavy atom. The van der Waals surface area contributed by atoms with E-state index in [9.17, 15) is 4.79 Å². The first-order valence-corrected chi connectivity index (χ1v) is 7.75. The van der Waals surface area contributed by atoms with Crippen molar-refractivity contribution in [3.63, 3.8) is 0 Å². The Kier molecular flexibility index (Phi) is 3.62. The molecule has 1 N–H and O–H groups in total. The number of carbonyl (C=O) groups excluding carboxylic acids is 1. The highest BCUT2D eigenvalue weighted by Crippen LogP contribution is 2.23. The fraction of sp³-hybridized carbons (Fsp3) is 0.250. The van der Waals surface area contributed by atoms with Gasteiger partial charge in [-0.15, -0.1) is 6.42 Å². The van der Waals surface area contributed by atoms with Crippen LogP contribution in [0.4, 0.5) is 0 Å². The summed E-state index contributed by atoms with van der Waals surface area (Å²) in [6.07, 6.45) is 8.66. The van der Waals surface area contributed by atoms with Crippen LogP contribution in [0.3, 0.4) is 0 Å². The summed E-state index contributed by atoms with van der Waals surface area (Å²) in [6.45, 7) is 5.44. The van der Waals surface area contributed by atoms with Gasteiger partial charge in [-0.3, -0.25) is 4.79 Å². The molecule has 3 heterocycles. The minimum Gasteiger partial charge on any atom is -0.336 e. The molecule has 3 rings (SSSR count). The van der Waals surface area contributed by atoms with Crippen LogP contribution in [0.25, 0.3) is 16.2 Å². The maximum atomic E-state index is 12.5. The highest BCUT2D eigenvalue weighted by Gasteiger charge is 2.22. The summed E-state index contributed by atoms with van der Waals surface area (Å²) in [5.74, 6) is 2.25. The first-order chi connectivity index (χ1) is 10.9. The van der Waals surface area contributed by atoms with Gasteiger partial charge in [-0.05, 0) is 44.4 Å². The number of hydrogen-bond donors (Lipinski definition) is 1. The van der Waals surface area contributed by atoms with Gasteiger partial charge in [-0.1, -0.05) is 5.92 Å². The predicted molar refractivity (Wildman–Crippen MR) is 89.2 cm³/mol. The maximum absolute atomic E-state index is 12.5. The van der Waals surface area contributed by atoms with E-state index < -0.39 is 5.54 Å². The van der Waals surface area contributed by atoms with E-state index in [0.29, 0.717) is 11.2 Å². The van der Waals surface area contributed by atoms with Crippen molar-refractivity contribution in [3.8, 4) is 22.9 Å². The van der Waals surface area contributed by atoms with Crippen molar-refractivity contribution in [2.45, 2.75) is 26.3 Å². The monoisotopic (exact) mass is 325 g/mol. The molecule has 3 aromatic rings. The van der Waals surface area contributed by atoms with E-state index in [1.807, 2.05) is 19.1 Å². The number of hydrogen-bond acceptors (Lipinski definition) is 5.